The highest BCUT2D eigenvalue weighted by Gasteiger charge is 2.17. The molecule has 7 heteroatoms. The highest BCUT2D eigenvalue weighted by Crippen LogP contribution is 2.36. The van der Waals surface area contributed by atoms with Crippen LogP contribution in [0.1, 0.15) is 17.7 Å². The maximum Gasteiger partial charge on any atom is 0.277 e. The van der Waals surface area contributed by atoms with Gasteiger partial charge in [0.05, 0.1) is 4.88 Å². The molecule has 21 heavy (non-hydrogen) atoms. The molecule has 1 atom stereocenters. The summed E-state index contributed by atoms with van der Waals surface area (Å²) in [5, 5.41) is 9.78. The Morgan fingerprint density at radius 1 is 1.24 bits per heavy atom. The van der Waals surface area contributed by atoms with E-state index in [1.165, 1.54) is 29.2 Å². The molecule has 1 aromatic carbocycles. The first-order chi connectivity index (χ1) is 10.1. The van der Waals surface area contributed by atoms with Crippen LogP contribution in [-0.4, -0.2) is 10.2 Å². The largest absolute Gasteiger partial charge is 0.410 e. The average Bonchev–Trinajstić information content (AvgIpc) is 3.11. The van der Waals surface area contributed by atoms with Crippen molar-refractivity contribution in [1.82, 2.24) is 10.2 Å². The molecule has 2 aromatic heterocycles. The number of aromatic nitrogens is 2. The molecule has 3 nitrogen and oxygen atoms in total. The van der Waals surface area contributed by atoms with Gasteiger partial charge in [-0.25, -0.2) is 8.78 Å². The van der Waals surface area contributed by atoms with E-state index in [1.54, 1.807) is 6.92 Å². The molecule has 2 heterocycles. The predicted octanol–water partition coefficient (Wildman–Crippen LogP) is 4.93. The third kappa shape index (κ3) is 3.14. The first-order valence-electron chi connectivity index (χ1n) is 6.12. The van der Waals surface area contributed by atoms with Gasteiger partial charge in [-0.1, -0.05) is 17.8 Å². The number of thioether (sulfide) groups is 1. The highest BCUT2D eigenvalue weighted by atomic mass is 32.2. The minimum Gasteiger partial charge on any atom is -0.410 e. The topological polar surface area (TPSA) is 38.9 Å². The van der Waals surface area contributed by atoms with Crippen LogP contribution in [0, 0.1) is 11.6 Å². The number of hydrogen-bond acceptors (Lipinski definition) is 5. The molecule has 0 spiro atoms. The summed E-state index contributed by atoms with van der Waals surface area (Å²) >= 11 is 2.69. The van der Waals surface area contributed by atoms with Gasteiger partial charge in [-0.05, 0) is 36.6 Å². The molecule has 108 valence electrons. The lowest BCUT2D eigenvalue weighted by atomic mass is 10.1. The molecular weight excluding hydrogens is 314 g/mol. The summed E-state index contributed by atoms with van der Waals surface area (Å²) in [5.41, 5.74) is 0.274. The zero-order valence-electron chi connectivity index (χ0n) is 10.9. The van der Waals surface area contributed by atoms with Crippen molar-refractivity contribution in [2.75, 3.05) is 0 Å². The van der Waals surface area contributed by atoms with Crippen LogP contribution in [0.5, 0.6) is 0 Å². The zero-order valence-corrected chi connectivity index (χ0v) is 12.5. The Balaban J connectivity index is 1.79. The predicted molar refractivity (Wildman–Crippen MR) is 78.2 cm³/mol. The number of hydrogen-bond donors (Lipinski definition) is 0. The average molecular weight is 324 g/mol. The fourth-order valence-corrected chi connectivity index (χ4v) is 3.27. The fourth-order valence-electron chi connectivity index (χ4n) is 1.80. The molecule has 0 amide bonds. The molecule has 0 unspecified atom stereocenters. The standard InChI is InChI=1S/C14H10F2N2OS2/c1-8(10-7-9(15)4-5-11(10)16)21-14-18-17-13(19-14)12-3-2-6-20-12/h2-8H,1H3/t8-/m1/s1. The Morgan fingerprint density at radius 2 is 2.10 bits per heavy atom. The fraction of sp³-hybridized carbons (Fsp3) is 0.143. The number of thiophene rings is 1. The van der Waals surface area contributed by atoms with E-state index in [-0.39, 0.29) is 10.8 Å². The number of nitrogens with zero attached hydrogens (tertiary/aromatic N) is 2. The van der Waals surface area contributed by atoms with Gasteiger partial charge in [0, 0.05) is 10.8 Å². The molecule has 0 bridgehead atoms. The van der Waals surface area contributed by atoms with Crippen molar-refractivity contribution in [3.8, 4) is 10.8 Å². The monoisotopic (exact) mass is 324 g/mol. The molecule has 0 aliphatic heterocycles. The van der Waals surface area contributed by atoms with Crippen molar-refractivity contribution < 1.29 is 13.2 Å². The minimum atomic E-state index is -0.469. The van der Waals surface area contributed by atoms with Crippen molar-refractivity contribution in [3.63, 3.8) is 0 Å². The normalized spacial score (nSPS) is 12.5. The quantitative estimate of drug-likeness (QED) is 0.638. The second-order valence-corrected chi connectivity index (χ2v) is 6.52. The Bertz CT molecular complexity index is 743. The van der Waals surface area contributed by atoms with Crippen LogP contribution in [0.25, 0.3) is 10.8 Å². The van der Waals surface area contributed by atoms with Crippen LogP contribution in [0.2, 0.25) is 0 Å². The zero-order chi connectivity index (χ0) is 14.8. The summed E-state index contributed by atoms with van der Waals surface area (Å²) < 4.78 is 32.4. The van der Waals surface area contributed by atoms with Gasteiger partial charge in [0.1, 0.15) is 11.6 Å². The molecule has 0 radical (unpaired) electrons. The lowest BCUT2D eigenvalue weighted by molar-refractivity contribution is 0.465. The van der Waals surface area contributed by atoms with E-state index in [0.717, 1.165) is 17.0 Å². The second kappa shape index (κ2) is 5.95. The van der Waals surface area contributed by atoms with E-state index in [0.29, 0.717) is 11.1 Å². The summed E-state index contributed by atoms with van der Waals surface area (Å²) in [7, 11) is 0. The molecule has 0 aliphatic carbocycles. The lowest BCUT2D eigenvalue weighted by Gasteiger charge is -2.09. The maximum absolute atomic E-state index is 13.7. The third-order valence-electron chi connectivity index (χ3n) is 2.81. The maximum atomic E-state index is 13.7. The van der Waals surface area contributed by atoms with Crippen LogP contribution in [0.4, 0.5) is 8.78 Å². The van der Waals surface area contributed by atoms with E-state index in [2.05, 4.69) is 10.2 Å². The van der Waals surface area contributed by atoms with Crippen molar-refractivity contribution in [3.05, 3.63) is 52.9 Å². The van der Waals surface area contributed by atoms with Gasteiger partial charge in [-0.3, -0.25) is 0 Å². The van der Waals surface area contributed by atoms with E-state index >= 15 is 0 Å². The van der Waals surface area contributed by atoms with Gasteiger partial charge in [-0.15, -0.1) is 21.5 Å². The Labute approximate surface area is 128 Å². The van der Waals surface area contributed by atoms with Crippen LogP contribution < -0.4 is 0 Å². The molecule has 3 aromatic rings. The van der Waals surface area contributed by atoms with Crippen LogP contribution in [0.15, 0.2) is 45.4 Å². The van der Waals surface area contributed by atoms with E-state index < -0.39 is 11.6 Å². The van der Waals surface area contributed by atoms with Crippen LogP contribution in [0.3, 0.4) is 0 Å². The Kier molecular flexibility index (Phi) is 4.03. The molecule has 0 aliphatic rings. The van der Waals surface area contributed by atoms with Crippen molar-refractivity contribution in [2.24, 2.45) is 0 Å². The van der Waals surface area contributed by atoms with Crippen molar-refractivity contribution in [2.45, 2.75) is 17.4 Å². The lowest BCUT2D eigenvalue weighted by Crippen LogP contribution is -1.94. The molecule has 0 N–H and O–H groups in total. The van der Waals surface area contributed by atoms with Gasteiger partial charge in [-0.2, -0.15) is 0 Å². The Morgan fingerprint density at radius 3 is 2.86 bits per heavy atom. The number of halogens is 2. The first-order valence-corrected chi connectivity index (χ1v) is 7.88. The van der Waals surface area contributed by atoms with Gasteiger partial charge in [0.15, 0.2) is 0 Å². The third-order valence-corrected chi connectivity index (χ3v) is 4.64. The van der Waals surface area contributed by atoms with Crippen molar-refractivity contribution in [1.29, 1.82) is 0 Å². The first kappa shape index (κ1) is 14.2. The van der Waals surface area contributed by atoms with E-state index in [4.69, 9.17) is 4.42 Å². The number of benzene rings is 1. The second-order valence-electron chi connectivity index (χ2n) is 4.28. The van der Waals surface area contributed by atoms with E-state index in [9.17, 15) is 8.78 Å². The van der Waals surface area contributed by atoms with Crippen LogP contribution in [-0.2, 0) is 0 Å². The van der Waals surface area contributed by atoms with Gasteiger partial charge < -0.3 is 4.42 Å². The summed E-state index contributed by atoms with van der Waals surface area (Å²) in [6, 6.07) is 7.16. The molecule has 0 saturated heterocycles. The van der Waals surface area contributed by atoms with E-state index in [1.807, 2.05) is 17.5 Å². The summed E-state index contributed by atoms with van der Waals surface area (Å²) in [5.74, 6) is -0.488. The summed E-state index contributed by atoms with van der Waals surface area (Å²) in [4.78, 5) is 0.874. The van der Waals surface area contributed by atoms with Gasteiger partial charge in [0.2, 0.25) is 0 Å². The highest BCUT2D eigenvalue weighted by molar-refractivity contribution is 7.99. The minimum absolute atomic E-state index is 0.274. The van der Waals surface area contributed by atoms with Gasteiger partial charge >= 0.3 is 0 Å². The Hall–Kier alpha value is -1.73. The molecular formula is C14H10F2N2OS2. The smallest absolute Gasteiger partial charge is 0.277 e. The SMILES string of the molecule is C[C@@H](Sc1nnc(-c2cccs2)o1)c1cc(F)ccc1F. The van der Waals surface area contributed by atoms with Gasteiger partial charge in [0.25, 0.3) is 11.1 Å². The summed E-state index contributed by atoms with van der Waals surface area (Å²) in [6.07, 6.45) is 0. The molecule has 0 fully saturated rings. The number of rotatable bonds is 4. The summed E-state index contributed by atoms with van der Waals surface area (Å²) in [6.45, 7) is 1.76. The van der Waals surface area contributed by atoms with Crippen molar-refractivity contribution >= 4 is 23.1 Å². The van der Waals surface area contributed by atoms with Crippen LogP contribution >= 0.6 is 23.1 Å². The molecule has 3 rings (SSSR count). The molecule has 0 saturated carbocycles.